The number of rotatable bonds is 5. The van der Waals surface area contributed by atoms with E-state index in [1.807, 2.05) is 27.7 Å². The number of benzene rings is 2. The number of halogens is 1. The highest BCUT2D eigenvalue weighted by molar-refractivity contribution is 6.32. The molecule has 0 spiro atoms. The average molecular weight is 446 g/mol. The maximum Gasteiger partial charge on any atom is 0.288 e. The number of fused-ring (bicyclic) bond motifs is 1. The summed E-state index contributed by atoms with van der Waals surface area (Å²) in [6.45, 7) is 8.46. The Balaban J connectivity index is 1.94. The molecule has 0 saturated carbocycles. The van der Waals surface area contributed by atoms with E-state index in [1.165, 1.54) is 12.1 Å². The van der Waals surface area contributed by atoms with Gasteiger partial charge in [-0.3, -0.25) is 19.7 Å². The Morgan fingerprint density at radius 1 is 1.29 bits per heavy atom. The summed E-state index contributed by atoms with van der Waals surface area (Å²) < 4.78 is 5.88. The fourth-order valence-corrected chi connectivity index (χ4v) is 3.45. The Labute approximate surface area is 185 Å². The van der Waals surface area contributed by atoms with Crippen LogP contribution >= 0.6 is 11.6 Å². The minimum Gasteiger partial charge on any atom is -0.490 e. The Morgan fingerprint density at radius 2 is 2.00 bits per heavy atom. The largest absolute Gasteiger partial charge is 0.490 e. The summed E-state index contributed by atoms with van der Waals surface area (Å²) in [5.74, 6) is 0.186. The smallest absolute Gasteiger partial charge is 0.288 e. The number of hydrogen-bond donors (Lipinski definition) is 1. The average Bonchev–Trinajstić information content (AvgIpc) is 2.78. The van der Waals surface area contributed by atoms with Crippen LogP contribution in [0.25, 0.3) is 0 Å². The zero-order chi connectivity index (χ0) is 22.9. The molecule has 0 fully saturated rings. The number of nitrogens with zero attached hydrogens (tertiary/aromatic N) is 2. The van der Waals surface area contributed by atoms with Crippen molar-refractivity contribution in [1.82, 2.24) is 0 Å². The highest BCUT2D eigenvalue weighted by atomic mass is 35.5. The number of anilines is 2. The van der Waals surface area contributed by atoms with Crippen molar-refractivity contribution in [3.05, 3.63) is 57.1 Å². The molecular weight excluding hydrogens is 422 g/mol. The lowest BCUT2D eigenvalue weighted by Crippen LogP contribution is -2.43. The molecule has 2 amide bonds. The van der Waals surface area contributed by atoms with Gasteiger partial charge in [0.15, 0.2) is 0 Å². The third-order valence-electron chi connectivity index (χ3n) is 4.87. The molecule has 1 N–H and O–H groups in total. The fourth-order valence-electron chi connectivity index (χ4n) is 3.27. The van der Waals surface area contributed by atoms with E-state index in [9.17, 15) is 19.7 Å². The summed E-state index contributed by atoms with van der Waals surface area (Å²) in [4.78, 5) is 38.0. The van der Waals surface area contributed by atoms with E-state index in [0.717, 1.165) is 6.07 Å². The summed E-state index contributed by atoms with van der Waals surface area (Å²) in [6, 6.07) is 8.90. The van der Waals surface area contributed by atoms with Gasteiger partial charge in [-0.05, 0) is 50.1 Å². The predicted molar refractivity (Wildman–Crippen MR) is 119 cm³/mol. The van der Waals surface area contributed by atoms with Crippen molar-refractivity contribution in [2.24, 2.45) is 11.3 Å². The Morgan fingerprint density at radius 3 is 2.65 bits per heavy atom. The molecule has 9 heteroatoms. The van der Waals surface area contributed by atoms with Crippen molar-refractivity contribution in [2.45, 2.75) is 27.7 Å². The first-order valence-electron chi connectivity index (χ1n) is 9.83. The maximum absolute atomic E-state index is 13.1. The minimum absolute atomic E-state index is 0.0471. The van der Waals surface area contributed by atoms with Gasteiger partial charge < -0.3 is 15.0 Å². The second-order valence-electron chi connectivity index (χ2n) is 8.54. The van der Waals surface area contributed by atoms with E-state index < -0.39 is 16.2 Å². The van der Waals surface area contributed by atoms with Crippen LogP contribution in [-0.2, 0) is 4.79 Å². The number of carbonyl (C=O) groups is 2. The molecule has 0 atom stereocenters. The second kappa shape index (κ2) is 8.55. The molecule has 0 saturated heterocycles. The van der Waals surface area contributed by atoms with E-state index in [1.54, 1.807) is 23.1 Å². The van der Waals surface area contributed by atoms with Gasteiger partial charge in [-0.2, -0.15) is 0 Å². The van der Waals surface area contributed by atoms with Crippen molar-refractivity contribution in [1.29, 1.82) is 0 Å². The first-order valence-corrected chi connectivity index (χ1v) is 10.2. The molecule has 0 bridgehead atoms. The van der Waals surface area contributed by atoms with E-state index in [4.69, 9.17) is 16.3 Å². The molecule has 0 radical (unpaired) electrons. The molecule has 3 rings (SSSR count). The summed E-state index contributed by atoms with van der Waals surface area (Å²) in [5, 5.41) is 13.8. The first-order chi connectivity index (χ1) is 14.5. The van der Waals surface area contributed by atoms with Gasteiger partial charge in [-0.15, -0.1) is 0 Å². The molecule has 0 unspecified atom stereocenters. The molecule has 31 heavy (non-hydrogen) atoms. The number of nitro groups is 1. The molecule has 2 aromatic rings. The quantitative estimate of drug-likeness (QED) is 0.520. The Kier molecular flexibility index (Phi) is 6.22. The monoisotopic (exact) mass is 445 g/mol. The number of hydrogen-bond acceptors (Lipinski definition) is 5. The van der Waals surface area contributed by atoms with E-state index in [-0.39, 0.29) is 34.7 Å². The van der Waals surface area contributed by atoms with E-state index >= 15 is 0 Å². The predicted octanol–water partition coefficient (Wildman–Crippen LogP) is 4.91. The molecule has 0 aliphatic carbocycles. The summed E-state index contributed by atoms with van der Waals surface area (Å²) in [6.07, 6.45) is 0. The number of nitro benzene ring substituents is 1. The Bertz CT molecular complexity index is 1050. The van der Waals surface area contributed by atoms with Crippen molar-refractivity contribution >= 4 is 40.5 Å². The van der Waals surface area contributed by atoms with Crippen molar-refractivity contribution in [3.63, 3.8) is 0 Å². The van der Waals surface area contributed by atoms with Gasteiger partial charge in [0.1, 0.15) is 17.4 Å². The van der Waals surface area contributed by atoms with Crippen molar-refractivity contribution < 1.29 is 19.2 Å². The number of amides is 2. The van der Waals surface area contributed by atoms with Gasteiger partial charge in [-0.1, -0.05) is 25.4 Å². The van der Waals surface area contributed by atoms with Crippen LogP contribution in [0.4, 0.5) is 17.1 Å². The highest BCUT2D eigenvalue weighted by Gasteiger charge is 2.38. The molecule has 164 valence electrons. The number of ether oxygens (including phenoxy) is 1. The van der Waals surface area contributed by atoms with Crippen molar-refractivity contribution in [2.75, 3.05) is 23.4 Å². The molecule has 8 nitrogen and oxygen atoms in total. The first kappa shape index (κ1) is 22.6. The third-order valence-corrected chi connectivity index (χ3v) is 5.19. The normalized spacial score (nSPS) is 15.2. The molecular formula is C22H24ClN3O5. The lowest BCUT2D eigenvalue weighted by Gasteiger charge is -2.29. The lowest BCUT2D eigenvalue weighted by atomic mass is 9.92. The van der Waals surface area contributed by atoms with Gasteiger partial charge >= 0.3 is 0 Å². The summed E-state index contributed by atoms with van der Waals surface area (Å²) in [5.41, 5.74) is 0.0639. The van der Waals surface area contributed by atoms with Gasteiger partial charge in [0, 0.05) is 23.9 Å². The standard InChI is InChI=1S/C22H24ClN3O5/c1-13(2)11-25-18-10-15(6-8-19(18)31-12-22(3,4)21(25)28)24-20(27)14-5-7-16(23)17(9-14)26(29)30/h5-10,13H,11-12H2,1-4H3,(H,24,27). The van der Waals surface area contributed by atoms with Crippen LogP contribution in [0.1, 0.15) is 38.1 Å². The molecule has 2 aromatic carbocycles. The van der Waals surface area contributed by atoms with Crippen LogP contribution in [0, 0.1) is 21.4 Å². The van der Waals surface area contributed by atoms with E-state index in [2.05, 4.69) is 5.32 Å². The van der Waals surface area contributed by atoms with Crippen LogP contribution in [0.5, 0.6) is 5.75 Å². The van der Waals surface area contributed by atoms with Crippen LogP contribution in [0.15, 0.2) is 36.4 Å². The van der Waals surface area contributed by atoms with Gasteiger partial charge in [0.25, 0.3) is 11.6 Å². The summed E-state index contributed by atoms with van der Waals surface area (Å²) >= 11 is 5.82. The number of nitrogens with one attached hydrogen (secondary N) is 1. The topological polar surface area (TPSA) is 102 Å². The van der Waals surface area contributed by atoms with Crippen LogP contribution < -0.4 is 15.0 Å². The van der Waals surface area contributed by atoms with Crippen molar-refractivity contribution in [3.8, 4) is 5.75 Å². The molecule has 1 heterocycles. The Hall–Kier alpha value is -3.13. The lowest BCUT2D eigenvalue weighted by molar-refractivity contribution is -0.384. The van der Waals surface area contributed by atoms with Crippen LogP contribution in [0.3, 0.4) is 0 Å². The maximum atomic E-state index is 13.1. The fraction of sp³-hybridized carbons (Fsp3) is 0.364. The second-order valence-corrected chi connectivity index (χ2v) is 8.95. The van der Waals surface area contributed by atoms with Crippen LogP contribution in [0.2, 0.25) is 5.02 Å². The van der Waals surface area contributed by atoms with E-state index in [0.29, 0.717) is 23.7 Å². The minimum atomic E-state index is -0.695. The molecule has 1 aliphatic heterocycles. The van der Waals surface area contributed by atoms with Crippen LogP contribution in [-0.4, -0.2) is 29.9 Å². The van der Waals surface area contributed by atoms with Gasteiger partial charge in [-0.25, -0.2) is 0 Å². The zero-order valence-corrected chi connectivity index (χ0v) is 18.5. The summed E-state index contributed by atoms with van der Waals surface area (Å²) in [7, 11) is 0. The number of carbonyl (C=O) groups excluding carboxylic acids is 2. The molecule has 0 aromatic heterocycles. The third kappa shape index (κ3) is 4.80. The SMILES string of the molecule is CC(C)CN1C(=O)C(C)(C)COc2ccc(NC(=O)c3ccc(Cl)c([N+](=O)[O-])c3)cc21. The van der Waals surface area contributed by atoms with Gasteiger partial charge in [0.05, 0.1) is 16.0 Å². The zero-order valence-electron chi connectivity index (χ0n) is 17.8. The molecule has 1 aliphatic rings. The highest BCUT2D eigenvalue weighted by Crippen LogP contribution is 2.38. The van der Waals surface area contributed by atoms with Gasteiger partial charge in [0.2, 0.25) is 5.91 Å².